The summed E-state index contributed by atoms with van der Waals surface area (Å²) in [5.41, 5.74) is 0.975. The molecule has 0 amide bonds. The summed E-state index contributed by atoms with van der Waals surface area (Å²) in [6.45, 7) is 27.9. The molecule has 0 heteroatoms. The summed E-state index contributed by atoms with van der Waals surface area (Å²) in [4.78, 5) is 0. The second-order valence-electron chi connectivity index (χ2n) is 11.2. The van der Waals surface area contributed by atoms with Crippen LogP contribution in [0.5, 0.6) is 0 Å². The maximum atomic E-state index is 2.48. The highest BCUT2D eigenvalue weighted by Gasteiger charge is 2.36. The lowest BCUT2D eigenvalue weighted by molar-refractivity contribution is 0.141. The highest BCUT2D eigenvalue weighted by Crippen LogP contribution is 2.44. The summed E-state index contributed by atoms with van der Waals surface area (Å²) in [7, 11) is 0. The Morgan fingerprint density at radius 2 is 0.682 bits per heavy atom. The quantitative estimate of drug-likeness (QED) is 0.473. The summed E-state index contributed by atoms with van der Waals surface area (Å²) in [5, 5.41) is 0. The van der Waals surface area contributed by atoms with Gasteiger partial charge in [-0.1, -0.05) is 107 Å². The van der Waals surface area contributed by atoms with Crippen LogP contribution in [0.4, 0.5) is 0 Å². The first-order valence-electron chi connectivity index (χ1n) is 8.82. The third kappa shape index (κ3) is 8.81. The Balaban J connectivity index is 5.79. The molecule has 0 saturated carbocycles. The predicted molar refractivity (Wildman–Crippen MR) is 103 cm³/mol. The van der Waals surface area contributed by atoms with E-state index in [1.165, 1.54) is 0 Å². The van der Waals surface area contributed by atoms with Crippen LogP contribution in [0.2, 0.25) is 0 Å². The zero-order chi connectivity index (χ0) is 18.0. The molecule has 0 aromatic heterocycles. The van der Waals surface area contributed by atoms with Crippen molar-refractivity contribution in [3.63, 3.8) is 0 Å². The van der Waals surface area contributed by atoms with Gasteiger partial charge in [0.05, 0.1) is 0 Å². The molecule has 0 radical (unpaired) electrons. The van der Waals surface area contributed by atoms with Crippen molar-refractivity contribution < 1.29 is 0 Å². The second kappa shape index (κ2) is 6.93. The summed E-state index contributed by atoms with van der Waals surface area (Å²) in [5.74, 6) is 1.07. The van der Waals surface area contributed by atoms with E-state index in [2.05, 4.69) is 107 Å². The zero-order valence-electron chi connectivity index (χ0n) is 17.5. The average molecular weight is 307 g/mol. The van der Waals surface area contributed by atoms with Gasteiger partial charge in [-0.15, -0.1) is 0 Å². The third-order valence-electron chi connectivity index (χ3n) is 3.99. The topological polar surface area (TPSA) is 0 Å². The summed E-state index contributed by atoms with van der Waals surface area (Å²) >= 11 is 0. The van der Waals surface area contributed by atoms with Gasteiger partial charge in [-0.2, -0.15) is 0 Å². The first kappa shape index (κ1) is 21.5. The lowest BCUT2D eigenvalue weighted by Crippen LogP contribution is -2.34. The minimum Gasteiger partial charge on any atom is -0.0838 e. The molecule has 2 atom stereocenters. The van der Waals surface area contributed by atoms with Gasteiger partial charge >= 0.3 is 0 Å². The second-order valence-corrected chi connectivity index (χ2v) is 11.2. The molecular formula is C22H42. The van der Waals surface area contributed by atoms with Crippen molar-refractivity contribution in [1.29, 1.82) is 0 Å². The molecule has 0 bridgehead atoms. The molecule has 0 saturated heterocycles. The molecule has 0 N–H and O–H groups in total. The Hall–Kier alpha value is -0.520. The molecule has 0 rings (SSSR count). The Bertz CT molecular complexity index is 340. The van der Waals surface area contributed by atoms with Crippen LogP contribution in [-0.2, 0) is 0 Å². The molecule has 0 aromatic carbocycles. The summed E-state index contributed by atoms with van der Waals surface area (Å²) in [6, 6.07) is 0. The molecular weight excluding hydrogens is 264 g/mol. The Labute approximate surface area is 141 Å². The van der Waals surface area contributed by atoms with Crippen LogP contribution < -0.4 is 0 Å². The van der Waals surface area contributed by atoms with E-state index in [0.717, 1.165) is 0 Å². The molecule has 0 aliphatic rings. The van der Waals surface area contributed by atoms with Crippen LogP contribution in [0.25, 0.3) is 0 Å². The van der Waals surface area contributed by atoms with Crippen LogP contribution in [0.15, 0.2) is 24.3 Å². The fourth-order valence-electron chi connectivity index (χ4n) is 2.68. The molecule has 0 fully saturated rings. The van der Waals surface area contributed by atoms with Gasteiger partial charge in [-0.25, -0.2) is 0 Å². The minimum atomic E-state index is 0.236. The molecule has 0 nitrogen and oxygen atoms in total. The van der Waals surface area contributed by atoms with Crippen molar-refractivity contribution in [2.24, 2.45) is 33.5 Å². The summed E-state index contributed by atoms with van der Waals surface area (Å²) < 4.78 is 0. The van der Waals surface area contributed by atoms with E-state index in [-0.39, 0.29) is 21.7 Å². The van der Waals surface area contributed by atoms with Gasteiger partial charge in [0.2, 0.25) is 0 Å². The fourth-order valence-corrected chi connectivity index (χ4v) is 2.68. The molecule has 0 unspecified atom stereocenters. The zero-order valence-corrected chi connectivity index (χ0v) is 17.5. The van der Waals surface area contributed by atoms with Gasteiger partial charge in [0.15, 0.2) is 0 Å². The fraction of sp³-hybridized carbons (Fsp3) is 0.818. The molecule has 130 valence electrons. The van der Waals surface area contributed by atoms with Gasteiger partial charge < -0.3 is 0 Å². The van der Waals surface area contributed by atoms with E-state index in [9.17, 15) is 0 Å². The van der Waals surface area contributed by atoms with Crippen LogP contribution in [0, 0.1) is 33.5 Å². The highest BCUT2D eigenvalue weighted by molar-refractivity contribution is 5.10. The maximum absolute atomic E-state index is 2.48. The van der Waals surface area contributed by atoms with Gasteiger partial charge in [0.1, 0.15) is 0 Å². The van der Waals surface area contributed by atoms with Gasteiger partial charge in [0.25, 0.3) is 0 Å². The van der Waals surface area contributed by atoms with E-state index < -0.39 is 0 Å². The molecule has 0 heterocycles. The lowest BCUT2D eigenvalue weighted by atomic mass is 9.63. The molecule has 0 aliphatic heterocycles. The van der Waals surface area contributed by atoms with Crippen molar-refractivity contribution in [3.8, 4) is 0 Å². The van der Waals surface area contributed by atoms with E-state index >= 15 is 0 Å². The largest absolute Gasteiger partial charge is 0.0838 e. The smallest absolute Gasteiger partial charge is 0.0117 e. The van der Waals surface area contributed by atoms with E-state index in [4.69, 9.17) is 0 Å². The minimum absolute atomic E-state index is 0.236. The van der Waals surface area contributed by atoms with E-state index in [0.29, 0.717) is 11.8 Å². The summed E-state index contributed by atoms with van der Waals surface area (Å²) in [6.07, 6.45) is 9.74. The Morgan fingerprint density at radius 3 is 0.818 bits per heavy atom. The van der Waals surface area contributed by atoms with Crippen molar-refractivity contribution >= 4 is 0 Å². The maximum Gasteiger partial charge on any atom is -0.0117 e. The Morgan fingerprint density at radius 1 is 0.455 bits per heavy atom. The van der Waals surface area contributed by atoms with Crippen molar-refractivity contribution in [2.45, 2.75) is 83.1 Å². The third-order valence-corrected chi connectivity index (χ3v) is 3.99. The van der Waals surface area contributed by atoms with Crippen molar-refractivity contribution in [2.75, 3.05) is 0 Å². The first-order valence-corrected chi connectivity index (χ1v) is 8.82. The van der Waals surface area contributed by atoms with Crippen LogP contribution in [-0.4, -0.2) is 0 Å². The van der Waals surface area contributed by atoms with Gasteiger partial charge in [-0.3, -0.25) is 0 Å². The highest BCUT2D eigenvalue weighted by atomic mass is 14.4. The van der Waals surface area contributed by atoms with Crippen LogP contribution >= 0.6 is 0 Å². The number of hydrogen-bond acceptors (Lipinski definition) is 0. The number of rotatable bonds is 3. The number of allylic oxidation sites excluding steroid dienone is 4. The van der Waals surface area contributed by atoms with Crippen LogP contribution in [0.1, 0.15) is 83.1 Å². The van der Waals surface area contributed by atoms with Gasteiger partial charge in [0, 0.05) is 0 Å². The molecule has 22 heavy (non-hydrogen) atoms. The average Bonchev–Trinajstić information content (AvgIpc) is 2.15. The standard InChI is InChI=1S/C22H42/c1-19(2,3)15-13-17(21(7,8)9)18(22(10,11)12)14-16-20(4,5)6/h13-18H,1-12H3/b15-13+,16-14+/t17-,18-/m0/s1. The Kier molecular flexibility index (Phi) is 6.77. The van der Waals surface area contributed by atoms with Crippen molar-refractivity contribution in [3.05, 3.63) is 24.3 Å². The van der Waals surface area contributed by atoms with Crippen molar-refractivity contribution in [1.82, 2.24) is 0 Å². The molecule has 0 spiro atoms. The lowest BCUT2D eigenvalue weighted by Gasteiger charge is -2.41. The molecule has 0 aliphatic carbocycles. The first-order chi connectivity index (χ1) is 9.43. The monoisotopic (exact) mass is 306 g/mol. The predicted octanol–water partition coefficient (Wildman–Crippen LogP) is 7.52. The van der Waals surface area contributed by atoms with Crippen LogP contribution in [0.3, 0.4) is 0 Å². The van der Waals surface area contributed by atoms with E-state index in [1.807, 2.05) is 0 Å². The normalized spacial score (nSPS) is 18.2. The SMILES string of the molecule is CC(C)(C)/C=C/[C@@H]([C@H](/C=C/C(C)(C)C)C(C)(C)C)C(C)(C)C. The molecule has 0 aromatic rings. The van der Waals surface area contributed by atoms with Gasteiger partial charge in [-0.05, 0) is 33.5 Å². The number of hydrogen-bond donors (Lipinski definition) is 0. The van der Waals surface area contributed by atoms with E-state index in [1.54, 1.807) is 0 Å².